The highest BCUT2D eigenvalue weighted by atomic mass is 16.5. The van der Waals surface area contributed by atoms with Gasteiger partial charge in [0.25, 0.3) is 0 Å². The van der Waals surface area contributed by atoms with Crippen LogP contribution in [-0.4, -0.2) is 60.8 Å². The lowest BCUT2D eigenvalue weighted by Gasteiger charge is -2.46. The van der Waals surface area contributed by atoms with E-state index in [-0.39, 0.29) is 0 Å². The summed E-state index contributed by atoms with van der Waals surface area (Å²) in [6, 6.07) is 1.46. The number of nitrogens with zero attached hydrogens (tertiary/aromatic N) is 2. The lowest BCUT2D eigenvalue weighted by Crippen LogP contribution is -2.58. The maximum atomic E-state index is 5.85. The van der Waals surface area contributed by atoms with Gasteiger partial charge in [-0.05, 0) is 39.2 Å². The van der Waals surface area contributed by atoms with Gasteiger partial charge in [-0.1, -0.05) is 6.42 Å². The first kappa shape index (κ1) is 11.9. The largest absolute Gasteiger partial charge is 0.377 e. The van der Waals surface area contributed by atoms with Crippen molar-refractivity contribution in [2.45, 2.75) is 57.2 Å². The molecule has 0 amide bonds. The molecule has 3 aliphatic rings. The molecule has 0 aromatic carbocycles. The molecule has 3 heterocycles. The Kier molecular flexibility index (Phi) is 3.69. The molecule has 3 heteroatoms. The van der Waals surface area contributed by atoms with Crippen molar-refractivity contribution < 1.29 is 4.74 Å². The van der Waals surface area contributed by atoms with Crippen LogP contribution in [-0.2, 0) is 4.74 Å². The first-order valence-corrected chi connectivity index (χ1v) is 7.44. The first-order chi connectivity index (χ1) is 8.34. The second-order valence-electron chi connectivity index (χ2n) is 5.97. The minimum absolute atomic E-state index is 0.505. The highest BCUT2D eigenvalue weighted by molar-refractivity contribution is 4.89. The molecular formula is C14H26N2O. The molecule has 0 saturated carbocycles. The smallest absolute Gasteiger partial charge is 0.0728 e. The van der Waals surface area contributed by atoms with Crippen LogP contribution < -0.4 is 0 Å². The second kappa shape index (κ2) is 5.25. The summed E-state index contributed by atoms with van der Waals surface area (Å²) in [7, 11) is 0. The van der Waals surface area contributed by atoms with Crippen LogP contribution in [0.5, 0.6) is 0 Å². The molecule has 3 aliphatic heterocycles. The lowest BCUT2D eigenvalue weighted by molar-refractivity contribution is -0.0177. The van der Waals surface area contributed by atoms with Gasteiger partial charge >= 0.3 is 0 Å². The molecule has 98 valence electrons. The number of hydrogen-bond donors (Lipinski definition) is 0. The van der Waals surface area contributed by atoms with E-state index in [9.17, 15) is 0 Å². The number of fused-ring (bicyclic) bond motifs is 1. The Morgan fingerprint density at radius 1 is 1.06 bits per heavy atom. The number of hydrogen-bond acceptors (Lipinski definition) is 3. The standard InChI is InChI=1S/C14H26N2O/c1-12(14-6-4-10-17-14)16-9-8-15-7-3-2-5-13(15)11-16/h12-14H,2-11H2,1H3. The highest BCUT2D eigenvalue weighted by Gasteiger charge is 2.34. The van der Waals surface area contributed by atoms with E-state index in [4.69, 9.17) is 4.74 Å². The van der Waals surface area contributed by atoms with E-state index in [1.165, 1.54) is 58.3 Å². The van der Waals surface area contributed by atoms with Gasteiger partial charge in [0.2, 0.25) is 0 Å². The van der Waals surface area contributed by atoms with E-state index < -0.39 is 0 Å². The van der Waals surface area contributed by atoms with Gasteiger partial charge in [-0.2, -0.15) is 0 Å². The summed E-state index contributed by atoms with van der Waals surface area (Å²) in [5.74, 6) is 0. The molecule has 3 unspecified atom stereocenters. The third-order valence-electron chi connectivity index (χ3n) is 4.95. The zero-order valence-electron chi connectivity index (χ0n) is 11.1. The minimum atomic E-state index is 0.505. The predicted molar refractivity (Wildman–Crippen MR) is 69.2 cm³/mol. The molecule has 17 heavy (non-hydrogen) atoms. The fourth-order valence-corrected chi connectivity index (χ4v) is 3.77. The Hall–Kier alpha value is -0.120. The molecule has 3 atom stereocenters. The summed E-state index contributed by atoms with van der Waals surface area (Å²) in [6.45, 7) is 8.50. The molecule has 0 spiro atoms. The Balaban J connectivity index is 1.57. The van der Waals surface area contributed by atoms with E-state index >= 15 is 0 Å². The van der Waals surface area contributed by atoms with Gasteiger partial charge in [0.05, 0.1) is 6.10 Å². The average molecular weight is 238 g/mol. The van der Waals surface area contributed by atoms with Crippen molar-refractivity contribution >= 4 is 0 Å². The van der Waals surface area contributed by atoms with Gasteiger partial charge in [-0.25, -0.2) is 0 Å². The topological polar surface area (TPSA) is 15.7 Å². The highest BCUT2D eigenvalue weighted by Crippen LogP contribution is 2.25. The quantitative estimate of drug-likeness (QED) is 0.728. The molecule has 0 N–H and O–H groups in total. The Bertz CT molecular complexity index is 253. The van der Waals surface area contributed by atoms with Crippen molar-refractivity contribution in [2.24, 2.45) is 0 Å². The Morgan fingerprint density at radius 3 is 2.82 bits per heavy atom. The SMILES string of the molecule is CC(C1CCCO1)N1CCN2CCCCC2C1. The van der Waals surface area contributed by atoms with Gasteiger partial charge in [0, 0.05) is 38.3 Å². The van der Waals surface area contributed by atoms with Crippen LogP contribution in [0.15, 0.2) is 0 Å². The molecule has 0 aromatic rings. The fourth-order valence-electron chi connectivity index (χ4n) is 3.77. The van der Waals surface area contributed by atoms with E-state index in [2.05, 4.69) is 16.7 Å². The van der Waals surface area contributed by atoms with Gasteiger partial charge in [-0.15, -0.1) is 0 Å². The van der Waals surface area contributed by atoms with E-state index in [0.29, 0.717) is 12.1 Å². The Morgan fingerprint density at radius 2 is 2.00 bits per heavy atom. The van der Waals surface area contributed by atoms with E-state index in [0.717, 1.165) is 12.6 Å². The van der Waals surface area contributed by atoms with Crippen LogP contribution in [0.25, 0.3) is 0 Å². The van der Waals surface area contributed by atoms with Crippen LogP contribution >= 0.6 is 0 Å². The number of rotatable bonds is 2. The summed E-state index contributed by atoms with van der Waals surface area (Å²) in [6.07, 6.45) is 7.30. The van der Waals surface area contributed by atoms with E-state index in [1.54, 1.807) is 0 Å². The molecule has 3 rings (SSSR count). The number of piperidine rings is 1. The number of ether oxygens (including phenoxy) is 1. The maximum absolute atomic E-state index is 5.85. The van der Waals surface area contributed by atoms with Crippen molar-refractivity contribution in [1.82, 2.24) is 9.80 Å². The number of piperazine rings is 1. The monoisotopic (exact) mass is 238 g/mol. The zero-order valence-corrected chi connectivity index (χ0v) is 11.1. The second-order valence-corrected chi connectivity index (χ2v) is 5.97. The molecule has 0 bridgehead atoms. The third-order valence-corrected chi connectivity index (χ3v) is 4.95. The third kappa shape index (κ3) is 2.51. The van der Waals surface area contributed by atoms with Crippen molar-refractivity contribution in [3.63, 3.8) is 0 Å². The summed E-state index contributed by atoms with van der Waals surface area (Å²) in [5.41, 5.74) is 0. The van der Waals surface area contributed by atoms with Crippen molar-refractivity contribution in [3.05, 3.63) is 0 Å². The summed E-state index contributed by atoms with van der Waals surface area (Å²) in [5, 5.41) is 0. The first-order valence-electron chi connectivity index (χ1n) is 7.44. The van der Waals surface area contributed by atoms with Gasteiger partial charge in [0.15, 0.2) is 0 Å². The summed E-state index contributed by atoms with van der Waals surface area (Å²) in [4.78, 5) is 5.39. The minimum Gasteiger partial charge on any atom is -0.377 e. The molecule has 0 radical (unpaired) electrons. The van der Waals surface area contributed by atoms with Crippen molar-refractivity contribution in [1.29, 1.82) is 0 Å². The normalized spacial score (nSPS) is 37.9. The van der Waals surface area contributed by atoms with Gasteiger partial charge in [-0.3, -0.25) is 9.80 Å². The van der Waals surface area contributed by atoms with Crippen LogP contribution in [0.2, 0.25) is 0 Å². The van der Waals surface area contributed by atoms with Crippen LogP contribution in [0.4, 0.5) is 0 Å². The van der Waals surface area contributed by atoms with Gasteiger partial charge < -0.3 is 4.74 Å². The van der Waals surface area contributed by atoms with E-state index in [1.807, 2.05) is 0 Å². The van der Waals surface area contributed by atoms with Gasteiger partial charge in [0.1, 0.15) is 0 Å². The molecule has 3 nitrogen and oxygen atoms in total. The molecule has 3 fully saturated rings. The molecule has 3 saturated heterocycles. The predicted octanol–water partition coefficient (Wildman–Crippen LogP) is 1.72. The molecule has 0 aliphatic carbocycles. The Labute approximate surface area is 105 Å². The van der Waals surface area contributed by atoms with Crippen LogP contribution in [0.1, 0.15) is 39.0 Å². The summed E-state index contributed by atoms with van der Waals surface area (Å²) < 4.78 is 5.85. The fraction of sp³-hybridized carbons (Fsp3) is 1.00. The molecular weight excluding hydrogens is 212 g/mol. The zero-order chi connectivity index (χ0) is 11.7. The average Bonchev–Trinajstić information content (AvgIpc) is 2.91. The maximum Gasteiger partial charge on any atom is 0.0728 e. The van der Waals surface area contributed by atoms with Crippen molar-refractivity contribution in [3.8, 4) is 0 Å². The van der Waals surface area contributed by atoms with Crippen LogP contribution in [0, 0.1) is 0 Å². The molecule has 0 aromatic heterocycles. The lowest BCUT2D eigenvalue weighted by atomic mass is 9.97. The summed E-state index contributed by atoms with van der Waals surface area (Å²) >= 11 is 0. The van der Waals surface area contributed by atoms with Crippen molar-refractivity contribution in [2.75, 3.05) is 32.8 Å². The van der Waals surface area contributed by atoms with Crippen LogP contribution in [0.3, 0.4) is 0 Å².